The summed E-state index contributed by atoms with van der Waals surface area (Å²) in [6, 6.07) is 5.08. The van der Waals surface area contributed by atoms with Gasteiger partial charge >= 0.3 is 0 Å². The van der Waals surface area contributed by atoms with Gasteiger partial charge in [0.2, 0.25) is 15.9 Å². The third kappa shape index (κ3) is 7.13. The fourth-order valence-electron chi connectivity index (χ4n) is 3.99. The van der Waals surface area contributed by atoms with E-state index in [0.717, 1.165) is 23.6 Å². The third-order valence-corrected chi connectivity index (χ3v) is 7.98. The summed E-state index contributed by atoms with van der Waals surface area (Å²) in [7, 11) is -0.750. The molecule has 1 aliphatic heterocycles. The van der Waals surface area contributed by atoms with Crippen molar-refractivity contribution in [2.45, 2.75) is 62.4 Å². The molecule has 0 aliphatic carbocycles. The molecule has 1 atom stereocenters. The Hall–Kier alpha value is -2.21. The molecule has 1 aromatic rings. The molecule has 1 unspecified atom stereocenters. The van der Waals surface area contributed by atoms with Crippen LogP contribution in [0.2, 0.25) is 0 Å². The van der Waals surface area contributed by atoms with Crippen LogP contribution in [0.1, 0.15) is 45.4 Å². The van der Waals surface area contributed by atoms with Gasteiger partial charge in [-0.05, 0) is 50.6 Å². The first kappa shape index (κ1) is 27.0. The Kier molecular flexibility index (Phi) is 10.6. The summed E-state index contributed by atoms with van der Waals surface area (Å²) >= 11 is 0. The van der Waals surface area contributed by atoms with Crippen LogP contribution in [0.3, 0.4) is 0 Å². The Morgan fingerprint density at radius 1 is 1.24 bits per heavy atom. The Bertz CT molecular complexity index is 869. The molecule has 2 amide bonds. The van der Waals surface area contributed by atoms with Crippen LogP contribution in [0, 0.1) is 0 Å². The zero-order chi connectivity index (χ0) is 24.4. The summed E-state index contributed by atoms with van der Waals surface area (Å²) in [5.41, 5.74) is 1.59. The second-order valence-electron chi connectivity index (χ2n) is 8.12. The lowest BCUT2D eigenvalue weighted by molar-refractivity contribution is -0.135. The number of amides is 2. The van der Waals surface area contributed by atoms with E-state index in [2.05, 4.69) is 5.32 Å². The lowest BCUT2D eigenvalue weighted by atomic mass is 10.0. The lowest BCUT2D eigenvalue weighted by Gasteiger charge is -2.33. The molecule has 0 aromatic heterocycles. The van der Waals surface area contributed by atoms with E-state index in [0.29, 0.717) is 31.3 Å². The van der Waals surface area contributed by atoms with Gasteiger partial charge in [-0.2, -0.15) is 4.31 Å². The number of sulfonamides is 1. The summed E-state index contributed by atoms with van der Waals surface area (Å²) in [6.07, 6.45) is 3.16. The highest BCUT2D eigenvalue weighted by atomic mass is 32.2. The highest BCUT2D eigenvalue weighted by Crippen LogP contribution is 2.24. The molecular weight excluding hydrogens is 448 g/mol. The van der Waals surface area contributed by atoms with Gasteiger partial charge in [-0.25, -0.2) is 13.9 Å². The van der Waals surface area contributed by atoms with Crippen LogP contribution in [-0.2, 0) is 19.6 Å². The second-order valence-corrected chi connectivity index (χ2v) is 10.0. The van der Waals surface area contributed by atoms with E-state index in [1.807, 2.05) is 14.0 Å². The van der Waals surface area contributed by atoms with Crippen molar-refractivity contribution in [1.82, 2.24) is 20.0 Å². The van der Waals surface area contributed by atoms with Crippen LogP contribution in [-0.4, -0.2) is 80.5 Å². The maximum atomic E-state index is 13.5. The maximum absolute atomic E-state index is 13.5. The van der Waals surface area contributed by atoms with E-state index in [4.69, 9.17) is 4.74 Å². The van der Waals surface area contributed by atoms with Crippen molar-refractivity contribution in [2.75, 3.05) is 33.8 Å². The fraction of sp³-hybridized carbons (Fsp3) is 0.636. The average molecular weight is 485 g/mol. The van der Waals surface area contributed by atoms with Crippen molar-refractivity contribution < 1.29 is 28.0 Å². The summed E-state index contributed by atoms with van der Waals surface area (Å²) in [6.45, 7) is 2.97. The van der Waals surface area contributed by atoms with Crippen LogP contribution < -0.4 is 15.5 Å². The summed E-state index contributed by atoms with van der Waals surface area (Å²) in [4.78, 5) is 27.0. The zero-order valence-corrected chi connectivity index (χ0v) is 20.4. The van der Waals surface area contributed by atoms with E-state index in [1.165, 1.54) is 31.4 Å². The molecule has 1 saturated heterocycles. The van der Waals surface area contributed by atoms with Crippen molar-refractivity contribution >= 4 is 21.8 Å². The standard InChI is InChI=1S/C22H36N4O6S/c1-4-5-6-20(22(28)24-29)26(33(30,31)19-9-7-18(32-3)8-10-19)16-13-21(27)25-14-11-17(23-2)12-15-25/h7-10,17,20,23,29H,4-6,11-16H2,1-3H3,(H,24,28). The summed E-state index contributed by atoms with van der Waals surface area (Å²) in [5.74, 6) is -0.475. The maximum Gasteiger partial charge on any atom is 0.261 e. The Morgan fingerprint density at radius 2 is 1.88 bits per heavy atom. The van der Waals surface area contributed by atoms with E-state index in [1.54, 1.807) is 10.4 Å². The van der Waals surface area contributed by atoms with Gasteiger partial charge in [0.25, 0.3) is 5.91 Å². The van der Waals surface area contributed by atoms with E-state index >= 15 is 0 Å². The minimum Gasteiger partial charge on any atom is -0.497 e. The highest BCUT2D eigenvalue weighted by molar-refractivity contribution is 7.89. The van der Waals surface area contributed by atoms with Crippen LogP contribution in [0.4, 0.5) is 0 Å². The SMILES string of the molecule is CCCCC(C(=O)NO)N(CCC(=O)N1CCC(NC)CC1)S(=O)(=O)c1ccc(OC)cc1. The topological polar surface area (TPSA) is 128 Å². The normalized spacial score (nSPS) is 16.0. The van der Waals surface area contributed by atoms with Crippen LogP contribution >= 0.6 is 0 Å². The minimum absolute atomic E-state index is 0.0159. The molecule has 3 N–H and O–H groups in total. The molecule has 186 valence electrons. The quantitative estimate of drug-likeness (QED) is 0.302. The number of ether oxygens (including phenoxy) is 1. The lowest BCUT2D eigenvalue weighted by Crippen LogP contribution is -2.50. The number of hydrogen-bond acceptors (Lipinski definition) is 7. The predicted octanol–water partition coefficient (Wildman–Crippen LogP) is 1.35. The monoisotopic (exact) mass is 484 g/mol. The molecule has 1 fully saturated rings. The largest absolute Gasteiger partial charge is 0.497 e. The van der Waals surface area contributed by atoms with Gasteiger partial charge in [-0.15, -0.1) is 0 Å². The molecule has 2 rings (SSSR count). The number of carbonyl (C=O) groups excluding carboxylic acids is 2. The number of rotatable bonds is 12. The average Bonchev–Trinajstić information content (AvgIpc) is 2.85. The third-order valence-electron chi connectivity index (χ3n) is 6.06. The molecule has 33 heavy (non-hydrogen) atoms. The van der Waals surface area contributed by atoms with Crippen molar-refractivity contribution in [3.63, 3.8) is 0 Å². The number of benzene rings is 1. The molecule has 10 nitrogen and oxygen atoms in total. The Balaban J connectivity index is 2.27. The van der Waals surface area contributed by atoms with Crippen LogP contribution in [0.25, 0.3) is 0 Å². The molecule has 11 heteroatoms. The first-order valence-electron chi connectivity index (χ1n) is 11.3. The summed E-state index contributed by atoms with van der Waals surface area (Å²) < 4.78 is 33.2. The number of nitrogens with one attached hydrogen (secondary N) is 2. The second kappa shape index (κ2) is 12.9. The van der Waals surface area contributed by atoms with Gasteiger partial charge in [-0.3, -0.25) is 14.8 Å². The van der Waals surface area contributed by atoms with E-state index in [-0.39, 0.29) is 30.2 Å². The van der Waals surface area contributed by atoms with Gasteiger partial charge in [0.05, 0.1) is 12.0 Å². The van der Waals surface area contributed by atoms with Crippen LogP contribution in [0.15, 0.2) is 29.2 Å². The molecule has 0 radical (unpaired) electrons. The van der Waals surface area contributed by atoms with Crippen LogP contribution in [0.5, 0.6) is 5.75 Å². The molecule has 0 saturated carbocycles. The molecule has 0 bridgehead atoms. The number of hydrogen-bond donors (Lipinski definition) is 3. The minimum atomic E-state index is -4.12. The van der Waals surface area contributed by atoms with Crippen molar-refractivity contribution in [2.24, 2.45) is 0 Å². The van der Waals surface area contributed by atoms with Crippen molar-refractivity contribution in [3.05, 3.63) is 24.3 Å². The first-order chi connectivity index (χ1) is 15.8. The van der Waals surface area contributed by atoms with Crippen molar-refractivity contribution in [1.29, 1.82) is 0 Å². The zero-order valence-electron chi connectivity index (χ0n) is 19.6. The number of likely N-dealkylation sites (tertiary alicyclic amines) is 1. The number of hydroxylamine groups is 1. The smallest absolute Gasteiger partial charge is 0.261 e. The number of piperidine rings is 1. The predicted molar refractivity (Wildman–Crippen MR) is 123 cm³/mol. The van der Waals surface area contributed by atoms with Gasteiger partial charge in [-0.1, -0.05) is 19.8 Å². The highest BCUT2D eigenvalue weighted by Gasteiger charge is 2.36. The van der Waals surface area contributed by atoms with E-state index < -0.39 is 22.0 Å². The number of unbranched alkanes of at least 4 members (excludes halogenated alkanes) is 1. The van der Waals surface area contributed by atoms with Crippen molar-refractivity contribution in [3.8, 4) is 5.75 Å². The Morgan fingerprint density at radius 3 is 2.39 bits per heavy atom. The molecular formula is C22H36N4O6S. The molecule has 1 aromatic carbocycles. The molecule has 1 heterocycles. The fourth-order valence-corrected chi connectivity index (χ4v) is 5.60. The molecule has 1 aliphatic rings. The number of carbonyl (C=O) groups is 2. The van der Waals surface area contributed by atoms with Gasteiger partial charge in [0.15, 0.2) is 0 Å². The van der Waals surface area contributed by atoms with Gasteiger partial charge in [0.1, 0.15) is 11.8 Å². The van der Waals surface area contributed by atoms with E-state index in [9.17, 15) is 23.2 Å². The first-order valence-corrected chi connectivity index (χ1v) is 12.8. The number of methoxy groups -OCH3 is 1. The molecule has 0 spiro atoms. The number of nitrogens with zero attached hydrogens (tertiary/aromatic N) is 2. The summed E-state index contributed by atoms with van der Waals surface area (Å²) in [5, 5.41) is 12.5. The Labute approximate surface area is 196 Å². The van der Waals surface area contributed by atoms with Gasteiger partial charge < -0.3 is 15.0 Å². The van der Waals surface area contributed by atoms with Gasteiger partial charge in [0, 0.05) is 32.1 Å².